The summed E-state index contributed by atoms with van der Waals surface area (Å²) in [6, 6.07) is 0. The number of allylic oxidation sites excluding steroid dienone is 6. The Labute approximate surface area is 76.7 Å². The smallest absolute Gasteiger partial charge is 0.0305 e. The molecule has 0 aliphatic rings. The third-order valence-corrected chi connectivity index (χ3v) is 2.18. The molecule has 0 aliphatic carbocycles. The molecule has 0 rings (SSSR count). The Morgan fingerprint density at radius 2 is 1.67 bits per heavy atom. The lowest BCUT2D eigenvalue weighted by molar-refractivity contribution is 1.09. The van der Waals surface area contributed by atoms with Crippen molar-refractivity contribution in [2.45, 2.75) is 41.0 Å². The summed E-state index contributed by atoms with van der Waals surface area (Å²) in [5, 5.41) is 0. The average Bonchev–Trinajstić information content (AvgIpc) is 2.12. The van der Waals surface area contributed by atoms with Crippen LogP contribution < -0.4 is 0 Å². The highest BCUT2D eigenvalue weighted by molar-refractivity contribution is 5.34. The Morgan fingerprint density at radius 1 is 1.08 bits per heavy atom. The van der Waals surface area contributed by atoms with Gasteiger partial charge < -0.3 is 0 Å². The molecule has 0 heterocycles. The molecular formula is C12H20. The lowest BCUT2D eigenvalue weighted by Gasteiger charge is -2.04. The van der Waals surface area contributed by atoms with E-state index in [1.165, 1.54) is 16.7 Å². The van der Waals surface area contributed by atoms with E-state index in [1.807, 2.05) is 0 Å². The monoisotopic (exact) mass is 164 g/mol. The Bertz CT molecular complexity index is 214. The van der Waals surface area contributed by atoms with E-state index in [0.29, 0.717) is 0 Å². The fourth-order valence-electron chi connectivity index (χ4n) is 1.04. The minimum Gasteiger partial charge on any atom is -0.0847 e. The quantitative estimate of drug-likeness (QED) is 0.547. The van der Waals surface area contributed by atoms with Gasteiger partial charge in [-0.05, 0) is 39.7 Å². The van der Waals surface area contributed by atoms with E-state index in [-0.39, 0.29) is 0 Å². The Kier molecular flexibility index (Phi) is 5.44. The molecule has 0 amide bonds. The van der Waals surface area contributed by atoms with Crippen LogP contribution in [0.3, 0.4) is 0 Å². The largest absolute Gasteiger partial charge is 0.0847 e. The van der Waals surface area contributed by atoms with E-state index in [0.717, 1.165) is 6.42 Å². The van der Waals surface area contributed by atoms with E-state index in [2.05, 4.69) is 52.8 Å². The molecule has 0 saturated carbocycles. The highest BCUT2D eigenvalue weighted by atomic mass is 14.0. The SMILES string of the molecule is C\C=C(C)/C=C(CC)/C(C)=C/C. The van der Waals surface area contributed by atoms with Crippen LogP contribution in [0.1, 0.15) is 41.0 Å². The second-order valence-corrected chi connectivity index (χ2v) is 3.03. The molecule has 0 saturated heterocycles. The minimum absolute atomic E-state index is 1.11. The topological polar surface area (TPSA) is 0 Å². The molecule has 0 aromatic heterocycles. The summed E-state index contributed by atoms with van der Waals surface area (Å²) in [7, 11) is 0. The van der Waals surface area contributed by atoms with Crippen LogP contribution in [0.15, 0.2) is 34.9 Å². The van der Waals surface area contributed by atoms with Gasteiger partial charge in [-0.2, -0.15) is 0 Å². The molecule has 68 valence electrons. The summed E-state index contributed by atoms with van der Waals surface area (Å²) in [6.07, 6.45) is 7.67. The third-order valence-electron chi connectivity index (χ3n) is 2.18. The van der Waals surface area contributed by atoms with Gasteiger partial charge in [0.2, 0.25) is 0 Å². The standard InChI is InChI=1S/C12H20/c1-6-10(4)9-12(8-3)11(5)7-2/h6-7,9H,8H2,1-5H3/b10-6-,11-7+,12-9+. The van der Waals surface area contributed by atoms with Crippen molar-refractivity contribution in [1.82, 2.24) is 0 Å². The molecular weight excluding hydrogens is 144 g/mol. The van der Waals surface area contributed by atoms with Crippen molar-refractivity contribution in [1.29, 1.82) is 0 Å². The van der Waals surface area contributed by atoms with Gasteiger partial charge in [-0.15, -0.1) is 0 Å². The first kappa shape index (κ1) is 11.2. The van der Waals surface area contributed by atoms with Crippen LogP contribution in [-0.2, 0) is 0 Å². The zero-order chi connectivity index (χ0) is 9.56. The van der Waals surface area contributed by atoms with Crippen LogP contribution in [-0.4, -0.2) is 0 Å². The maximum Gasteiger partial charge on any atom is -0.0305 e. The van der Waals surface area contributed by atoms with Crippen molar-refractivity contribution < 1.29 is 0 Å². The van der Waals surface area contributed by atoms with E-state index in [9.17, 15) is 0 Å². The molecule has 0 atom stereocenters. The fraction of sp³-hybridized carbons (Fsp3) is 0.500. The molecule has 0 N–H and O–H groups in total. The first-order valence-corrected chi connectivity index (χ1v) is 4.62. The number of hydrogen-bond acceptors (Lipinski definition) is 0. The summed E-state index contributed by atoms with van der Waals surface area (Å²) in [5.41, 5.74) is 4.17. The molecule has 0 aromatic rings. The normalized spacial score (nSPS) is 15.2. The first-order chi connectivity index (χ1) is 5.65. The highest BCUT2D eigenvalue weighted by Crippen LogP contribution is 2.15. The van der Waals surface area contributed by atoms with Crippen LogP contribution in [0, 0.1) is 0 Å². The Morgan fingerprint density at radius 3 is 2.00 bits per heavy atom. The second-order valence-electron chi connectivity index (χ2n) is 3.03. The lowest BCUT2D eigenvalue weighted by Crippen LogP contribution is -1.84. The molecule has 0 nitrogen and oxygen atoms in total. The van der Waals surface area contributed by atoms with E-state index in [4.69, 9.17) is 0 Å². The molecule has 12 heavy (non-hydrogen) atoms. The summed E-state index contributed by atoms with van der Waals surface area (Å²) in [6.45, 7) is 10.7. The van der Waals surface area contributed by atoms with Crippen molar-refractivity contribution in [2.24, 2.45) is 0 Å². The van der Waals surface area contributed by atoms with Gasteiger partial charge in [0.15, 0.2) is 0 Å². The maximum absolute atomic E-state index is 2.26. The molecule has 0 aromatic carbocycles. The van der Waals surface area contributed by atoms with Gasteiger partial charge in [0.05, 0.1) is 0 Å². The van der Waals surface area contributed by atoms with E-state index >= 15 is 0 Å². The van der Waals surface area contributed by atoms with Crippen LogP contribution >= 0.6 is 0 Å². The van der Waals surface area contributed by atoms with Gasteiger partial charge in [-0.25, -0.2) is 0 Å². The number of rotatable bonds is 3. The summed E-state index contributed by atoms with van der Waals surface area (Å²) >= 11 is 0. The zero-order valence-electron chi connectivity index (χ0n) is 8.94. The average molecular weight is 164 g/mol. The summed E-state index contributed by atoms with van der Waals surface area (Å²) < 4.78 is 0. The van der Waals surface area contributed by atoms with Gasteiger partial charge in [0.25, 0.3) is 0 Å². The molecule has 0 aliphatic heterocycles. The number of hydrogen-bond donors (Lipinski definition) is 0. The second kappa shape index (κ2) is 5.82. The fourth-order valence-corrected chi connectivity index (χ4v) is 1.04. The molecule has 0 bridgehead atoms. The van der Waals surface area contributed by atoms with Crippen LogP contribution in [0.4, 0.5) is 0 Å². The summed E-state index contributed by atoms with van der Waals surface area (Å²) in [5.74, 6) is 0. The van der Waals surface area contributed by atoms with Crippen molar-refractivity contribution in [3.8, 4) is 0 Å². The van der Waals surface area contributed by atoms with E-state index in [1.54, 1.807) is 0 Å². The van der Waals surface area contributed by atoms with Crippen LogP contribution in [0.5, 0.6) is 0 Å². The van der Waals surface area contributed by atoms with Gasteiger partial charge in [-0.1, -0.05) is 36.3 Å². The van der Waals surface area contributed by atoms with Gasteiger partial charge in [0, 0.05) is 0 Å². The van der Waals surface area contributed by atoms with Gasteiger partial charge >= 0.3 is 0 Å². The molecule has 0 fully saturated rings. The molecule has 0 radical (unpaired) electrons. The van der Waals surface area contributed by atoms with Crippen LogP contribution in [0.2, 0.25) is 0 Å². The minimum atomic E-state index is 1.11. The maximum atomic E-state index is 2.26. The molecule has 0 heteroatoms. The third kappa shape index (κ3) is 3.56. The lowest BCUT2D eigenvalue weighted by atomic mass is 10.0. The van der Waals surface area contributed by atoms with Gasteiger partial charge in [-0.3, -0.25) is 0 Å². The van der Waals surface area contributed by atoms with Crippen molar-refractivity contribution >= 4 is 0 Å². The highest BCUT2D eigenvalue weighted by Gasteiger charge is 1.95. The summed E-state index contributed by atoms with van der Waals surface area (Å²) in [4.78, 5) is 0. The Balaban J connectivity index is 4.67. The predicted octanol–water partition coefficient (Wildman–Crippen LogP) is 4.26. The van der Waals surface area contributed by atoms with Crippen molar-refractivity contribution in [3.63, 3.8) is 0 Å². The first-order valence-electron chi connectivity index (χ1n) is 4.62. The predicted molar refractivity (Wildman–Crippen MR) is 57.2 cm³/mol. The van der Waals surface area contributed by atoms with Crippen molar-refractivity contribution in [3.05, 3.63) is 34.9 Å². The van der Waals surface area contributed by atoms with E-state index < -0.39 is 0 Å². The zero-order valence-corrected chi connectivity index (χ0v) is 8.94. The van der Waals surface area contributed by atoms with Crippen molar-refractivity contribution in [2.75, 3.05) is 0 Å². The molecule has 0 spiro atoms. The van der Waals surface area contributed by atoms with Gasteiger partial charge in [0.1, 0.15) is 0 Å². The Hall–Kier alpha value is -0.780. The molecule has 0 unspecified atom stereocenters. The van der Waals surface area contributed by atoms with Crippen LogP contribution in [0.25, 0.3) is 0 Å².